The Morgan fingerprint density at radius 2 is 1.61 bits per heavy atom. The molecule has 1 amide bonds. The molecule has 0 bridgehead atoms. The first-order valence-corrected chi connectivity index (χ1v) is 9.91. The quantitative estimate of drug-likeness (QED) is 0.307. The molecule has 0 heterocycles. The first-order valence-electron chi connectivity index (χ1n) is 9.91. The Hall–Kier alpha value is -2.33. The highest BCUT2D eigenvalue weighted by atomic mass is 127. The van der Waals surface area contributed by atoms with Crippen LogP contribution in [0.3, 0.4) is 0 Å². The van der Waals surface area contributed by atoms with Gasteiger partial charge in [-0.05, 0) is 49.5 Å². The van der Waals surface area contributed by atoms with Gasteiger partial charge >= 0.3 is 0 Å². The third-order valence-corrected chi connectivity index (χ3v) is 4.88. The number of methoxy groups -OCH3 is 1. The molecule has 2 rings (SSSR count). The molecule has 2 aromatic carbocycles. The van der Waals surface area contributed by atoms with E-state index in [0.717, 1.165) is 17.3 Å². The lowest BCUT2D eigenvalue weighted by molar-refractivity contribution is 0.0827. The molecule has 1 unspecified atom stereocenters. The van der Waals surface area contributed by atoms with Gasteiger partial charge in [0, 0.05) is 39.8 Å². The SMILES string of the molecule is CN=C(NCc1ccc(C(=O)N(C)C)cc1)NCC(c1ccc(OC)cc1)N(C)C.I. The number of benzene rings is 2. The highest BCUT2D eigenvalue weighted by Gasteiger charge is 2.15. The molecule has 0 aromatic heterocycles. The monoisotopic (exact) mass is 539 g/mol. The van der Waals surface area contributed by atoms with Crippen molar-refractivity contribution in [1.29, 1.82) is 0 Å². The van der Waals surface area contributed by atoms with Gasteiger partial charge in [0.2, 0.25) is 0 Å². The molecule has 0 saturated carbocycles. The number of nitrogens with zero attached hydrogens (tertiary/aromatic N) is 3. The molecule has 7 nitrogen and oxygen atoms in total. The van der Waals surface area contributed by atoms with Crippen LogP contribution in [0.25, 0.3) is 0 Å². The number of ether oxygens (including phenoxy) is 1. The van der Waals surface area contributed by atoms with Crippen LogP contribution in [-0.4, -0.2) is 70.6 Å². The number of guanidine groups is 1. The molecule has 0 saturated heterocycles. The Morgan fingerprint density at radius 3 is 2.10 bits per heavy atom. The summed E-state index contributed by atoms with van der Waals surface area (Å²) in [7, 11) is 11.0. The molecule has 2 aromatic rings. The standard InChI is InChI=1S/C23H33N5O2.HI/c1-24-23(25-15-17-7-9-19(10-8-17)22(29)28(4)5)26-16-21(27(2)3)18-11-13-20(30-6)14-12-18;/h7-14,21H,15-16H2,1-6H3,(H2,24,25,26);1H. The van der Waals surface area contributed by atoms with Gasteiger partial charge in [-0.25, -0.2) is 0 Å². The zero-order valence-corrected chi connectivity index (χ0v) is 21.5. The number of hydrogen-bond donors (Lipinski definition) is 2. The van der Waals surface area contributed by atoms with Crippen LogP contribution in [0.15, 0.2) is 53.5 Å². The molecule has 0 aliphatic carbocycles. The molecule has 0 aliphatic rings. The third-order valence-electron chi connectivity index (χ3n) is 4.88. The molecular formula is C23H34IN5O2. The fourth-order valence-electron chi connectivity index (χ4n) is 3.05. The van der Waals surface area contributed by atoms with Crippen LogP contribution in [0, 0.1) is 0 Å². The van der Waals surface area contributed by atoms with E-state index in [4.69, 9.17) is 4.74 Å². The molecule has 31 heavy (non-hydrogen) atoms. The first-order chi connectivity index (χ1) is 14.3. The highest BCUT2D eigenvalue weighted by molar-refractivity contribution is 14.0. The summed E-state index contributed by atoms with van der Waals surface area (Å²) < 4.78 is 5.25. The fraction of sp³-hybridized carbons (Fsp3) is 0.391. The van der Waals surface area contributed by atoms with Crippen LogP contribution in [-0.2, 0) is 6.54 Å². The number of halogens is 1. The molecule has 0 aliphatic heterocycles. The summed E-state index contributed by atoms with van der Waals surface area (Å²) in [5.74, 6) is 1.57. The van der Waals surface area contributed by atoms with Crippen LogP contribution in [0.4, 0.5) is 0 Å². The zero-order chi connectivity index (χ0) is 22.1. The minimum Gasteiger partial charge on any atom is -0.497 e. The van der Waals surface area contributed by atoms with Crippen LogP contribution in [0.2, 0.25) is 0 Å². The fourth-order valence-corrected chi connectivity index (χ4v) is 3.05. The average Bonchev–Trinajstić information content (AvgIpc) is 2.76. The van der Waals surface area contributed by atoms with Gasteiger partial charge in [-0.1, -0.05) is 24.3 Å². The van der Waals surface area contributed by atoms with Crippen molar-refractivity contribution in [3.05, 3.63) is 65.2 Å². The van der Waals surface area contributed by atoms with Crippen LogP contribution >= 0.6 is 24.0 Å². The lowest BCUT2D eigenvalue weighted by Gasteiger charge is -2.26. The molecule has 170 valence electrons. The van der Waals surface area contributed by atoms with Gasteiger partial charge in [-0.3, -0.25) is 9.79 Å². The van der Waals surface area contributed by atoms with Gasteiger partial charge in [-0.15, -0.1) is 24.0 Å². The Bertz CT molecular complexity index is 836. The van der Waals surface area contributed by atoms with E-state index < -0.39 is 0 Å². The number of carbonyl (C=O) groups excluding carboxylic acids is 1. The molecule has 0 radical (unpaired) electrons. The Kier molecular flexibility index (Phi) is 11.3. The predicted molar refractivity (Wildman–Crippen MR) is 137 cm³/mol. The second kappa shape index (κ2) is 13.2. The molecule has 8 heteroatoms. The average molecular weight is 539 g/mol. The van der Waals surface area contributed by atoms with Crippen LogP contribution < -0.4 is 15.4 Å². The number of aliphatic imine (C=N–C) groups is 1. The summed E-state index contributed by atoms with van der Waals surface area (Å²) in [5.41, 5.74) is 2.96. The van der Waals surface area contributed by atoms with Gasteiger partial charge in [0.1, 0.15) is 5.75 Å². The number of nitrogens with one attached hydrogen (secondary N) is 2. The van der Waals surface area contributed by atoms with E-state index >= 15 is 0 Å². The minimum atomic E-state index is 0. The number of likely N-dealkylation sites (N-methyl/N-ethyl adjacent to an activating group) is 1. The second-order valence-corrected chi connectivity index (χ2v) is 7.46. The molecular weight excluding hydrogens is 505 g/mol. The lowest BCUT2D eigenvalue weighted by atomic mass is 10.1. The molecule has 1 atom stereocenters. The van der Waals surface area contributed by atoms with E-state index in [0.29, 0.717) is 18.7 Å². The van der Waals surface area contributed by atoms with Crippen molar-refractivity contribution in [2.45, 2.75) is 12.6 Å². The predicted octanol–water partition coefficient (Wildman–Crippen LogP) is 2.98. The zero-order valence-electron chi connectivity index (χ0n) is 19.2. The number of amides is 1. The van der Waals surface area contributed by atoms with Gasteiger partial charge in [0.15, 0.2) is 5.96 Å². The highest BCUT2D eigenvalue weighted by Crippen LogP contribution is 2.20. The van der Waals surface area contributed by atoms with Gasteiger partial charge in [-0.2, -0.15) is 0 Å². The van der Waals surface area contributed by atoms with E-state index in [1.807, 2.05) is 36.4 Å². The van der Waals surface area contributed by atoms with E-state index in [9.17, 15) is 4.79 Å². The summed E-state index contributed by atoms with van der Waals surface area (Å²) in [6.07, 6.45) is 0. The van der Waals surface area contributed by atoms with Crippen LogP contribution in [0.5, 0.6) is 5.75 Å². The smallest absolute Gasteiger partial charge is 0.253 e. The Morgan fingerprint density at radius 1 is 1.00 bits per heavy atom. The summed E-state index contributed by atoms with van der Waals surface area (Å²) in [4.78, 5) is 20.1. The first kappa shape index (κ1) is 26.7. The van der Waals surface area contributed by atoms with E-state index in [-0.39, 0.29) is 35.9 Å². The normalized spacial score (nSPS) is 12.0. The Balaban J connectivity index is 0.00000480. The van der Waals surface area contributed by atoms with Crippen molar-refractivity contribution in [2.24, 2.45) is 4.99 Å². The molecule has 2 N–H and O–H groups in total. The van der Waals surface area contributed by atoms with Gasteiger partial charge in [0.05, 0.1) is 13.2 Å². The largest absolute Gasteiger partial charge is 0.497 e. The number of hydrogen-bond acceptors (Lipinski definition) is 4. The van der Waals surface area contributed by atoms with E-state index in [1.54, 1.807) is 33.2 Å². The summed E-state index contributed by atoms with van der Waals surface area (Å²) in [5, 5.41) is 6.72. The van der Waals surface area contributed by atoms with Crippen molar-refractivity contribution < 1.29 is 9.53 Å². The number of rotatable bonds is 8. The third kappa shape index (κ3) is 8.02. The van der Waals surface area contributed by atoms with E-state index in [1.165, 1.54) is 5.56 Å². The second-order valence-electron chi connectivity index (χ2n) is 7.46. The van der Waals surface area contributed by atoms with E-state index in [2.05, 4.69) is 46.8 Å². The summed E-state index contributed by atoms with van der Waals surface area (Å²) >= 11 is 0. The topological polar surface area (TPSA) is 69.2 Å². The van der Waals surface area contributed by atoms with Crippen molar-refractivity contribution >= 4 is 35.8 Å². The lowest BCUT2D eigenvalue weighted by Crippen LogP contribution is -2.41. The molecule has 0 fully saturated rings. The summed E-state index contributed by atoms with van der Waals surface area (Å²) in [6, 6.07) is 15.9. The van der Waals surface area contributed by atoms with Crippen molar-refractivity contribution in [3.63, 3.8) is 0 Å². The maximum Gasteiger partial charge on any atom is 0.253 e. The van der Waals surface area contributed by atoms with Crippen molar-refractivity contribution in [1.82, 2.24) is 20.4 Å². The summed E-state index contributed by atoms with van der Waals surface area (Å²) in [6.45, 7) is 1.32. The minimum absolute atomic E-state index is 0. The molecule has 0 spiro atoms. The van der Waals surface area contributed by atoms with Crippen molar-refractivity contribution in [3.8, 4) is 5.75 Å². The maximum absolute atomic E-state index is 12.0. The maximum atomic E-state index is 12.0. The van der Waals surface area contributed by atoms with Gasteiger partial charge in [0.25, 0.3) is 5.91 Å². The number of carbonyl (C=O) groups is 1. The van der Waals surface area contributed by atoms with Gasteiger partial charge < -0.3 is 25.2 Å². The van der Waals surface area contributed by atoms with Crippen LogP contribution in [0.1, 0.15) is 27.5 Å². The van der Waals surface area contributed by atoms with Crippen molar-refractivity contribution in [2.75, 3.05) is 48.9 Å². The Labute approximate surface area is 202 Å².